The zero-order valence-electron chi connectivity index (χ0n) is 18.1. The molecule has 176 valence electrons. The Morgan fingerprint density at radius 3 is 2.03 bits per heavy atom. The van der Waals surface area contributed by atoms with Gasteiger partial charge < -0.3 is 29.8 Å². The van der Waals surface area contributed by atoms with Gasteiger partial charge in [-0.25, -0.2) is 0 Å². The molecule has 1 heterocycles. The van der Waals surface area contributed by atoms with E-state index in [9.17, 15) is 22.8 Å². The van der Waals surface area contributed by atoms with Gasteiger partial charge in [-0.05, 0) is 30.3 Å². The number of hydrogen-bond donors (Lipinski definition) is 3. The number of aromatic nitrogens is 1. The topological polar surface area (TPSA) is 102 Å². The van der Waals surface area contributed by atoms with Crippen LogP contribution in [0.15, 0.2) is 36.4 Å². The molecule has 0 saturated heterocycles. The third-order valence-electron chi connectivity index (χ3n) is 4.86. The molecule has 3 aromatic rings. The number of nitrogens with one attached hydrogen (secondary N) is 3. The number of amides is 2. The summed E-state index contributed by atoms with van der Waals surface area (Å²) < 4.78 is 53.9. The molecule has 1 aromatic heterocycles. The summed E-state index contributed by atoms with van der Waals surface area (Å²) in [6, 6.07) is 7.11. The summed E-state index contributed by atoms with van der Waals surface area (Å²) in [4.78, 5) is 27.6. The van der Waals surface area contributed by atoms with Crippen LogP contribution >= 0.6 is 0 Å². The molecule has 3 rings (SSSR count). The van der Waals surface area contributed by atoms with Crippen molar-refractivity contribution < 1.29 is 37.0 Å². The standard InChI is InChI=1S/C22H22F3N3O5/c1-31-16-11-17(32-2)19(33-3)18-14(16)10-15(28-18)21(30)27-9-8-26-20(29)12-4-6-13(7-5-12)22(23,24)25/h4-7,10-11,28H,8-9H2,1-3H3,(H,26,29)(H,27,30). The maximum atomic E-state index is 12.6. The zero-order chi connectivity index (χ0) is 24.2. The van der Waals surface area contributed by atoms with Gasteiger partial charge in [-0.1, -0.05) is 0 Å². The van der Waals surface area contributed by atoms with Gasteiger partial charge in [-0.2, -0.15) is 13.2 Å². The van der Waals surface area contributed by atoms with Crippen LogP contribution in [0.5, 0.6) is 17.2 Å². The summed E-state index contributed by atoms with van der Waals surface area (Å²) in [7, 11) is 4.45. The highest BCUT2D eigenvalue weighted by Crippen LogP contribution is 2.41. The Labute approximate surface area is 187 Å². The van der Waals surface area contributed by atoms with Crippen molar-refractivity contribution in [3.05, 3.63) is 53.2 Å². The van der Waals surface area contributed by atoms with Crippen molar-refractivity contribution in [2.45, 2.75) is 6.18 Å². The number of hydrogen-bond acceptors (Lipinski definition) is 5. The van der Waals surface area contributed by atoms with Gasteiger partial charge in [0.15, 0.2) is 11.5 Å². The minimum Gasteiger partial charge on any atom is -0.496 e. The smallest absolute Gasteiger partial charge is 0.416 e. The van der Waals surface area contributed by atoms with E-state index in [-0.39, 0.29) is 24.3 Å². The molecule has 0 fully saturated rings. The number of aromatic amines is 1. The van der Waals surface area contributed by atoms with Crippen LogP contribution in [0.4, 0.5) is 13.2 Å². The fourth-order valence-electron chi connectivity index (χ4n) is 3.22. The number of benzene rings is 2. The number of carbonyl (C=O) groups excluding carboxylic acids is 2. The van der Waals surface area contributed by atoms with Crippen molar-refractivity contribution in [2.24, 2.45) is 0 Å². The Morgan fingerprint density at radius 2 is 1.48 bits per heavy atom. The quantitative estimate of drug-likeness (QED) is 0.443. The minimum absolute atomic E-state index is 0.0757. The highest BCUT2D eigenvalue weighted by molar-refractivity contribution is 6.02. The van der Waals surface area contributed by atoms with Crippen LogP contribution in [0.3, 0.4) is 0 Å². The molecule has 2 aromatic carbocycles. The summed E-state index contributed by atoms with van der Waals surface area (Å²) in [5.74, 6) is 0.350. The van der Waals surface area contributed by atoms with Gasteiger partial charge in [0.2, 0.25) is 0 Å². The van der Waals surface area contributed by atoms with Crippen LogP contribution in [0.25, 0.3) is 10.9 Å². The van der Waals surface area contributed by atoms with Crippen molar-refractivity contribution >= 4 is 22.7 Å². The van der Waals surface area contributed by atoms with Crippen LogP contribution in [0.2, 0.25) is 0 Å². The number of ether oxygens (including phenoxy) is 3. The molecule has 0 aliphatic rings. The van der Waals surface area contributed by atoms with Crippen LogP contribution in [-0.2, 0) is 6.18 Å². The molecule has 2 amide bonds. The van der Waals surface area contributed by atoms with Crippen LogP contribution in [0, 0.1) is 0 Å². The fraction of sp³-hybridized carbons (Fsp3) is 0.273. The second-order valence-electron chi connectivity index (χ2n) is 6.87. The molecular weight excluding hydrogens is 443 g/mol. The molecule has 33 heavy (non-hydrogen) atoms. The average Bonchev–Trinajstić information content (AvgIpc) is 3.25. The molecule has 11 heteroatoms. The number of alkyl halides is 3. The number of rotatable bonds is 8. The number of fused-ring (bicyclic) bond motifs is 1. The first-order valence-electron chi connectivity index (χ1n) is 9.75. The van der Waals surface area contributed by atoms with E-state index in [0.717, 1.165) is 24.3 Å². The summed E-state index contributed by atoms with van der Waals surface area (Å²) >= 11 is 0. The third-order valence-corrected chi connectivity index (χ3v) is 4.86. The summed E-state index contributed by atoms with van der Waals surface area (Å²) in [5.41, 5.74) is 0.00647. The van der Waals surface area contributed by atoms with Crippen molar-refractivity contribution in [2.75, 3.05) is 34.4 Å². The van der Waals surface area contributed by atoms with E-state index < -0.39 is 23.6 Å². The predicted octanol–water partition coefficient (Wildman–Crippen LogP) is 3.37. The average molecular weight is 465 g/mol. The van der Waals surface area contributed by atoms with Crippen LogP contribution < -0.4 is 24.8 Å². The molecule has 0 aliphatic heterocycles. The lowest BCUT2D eigenvalue weighted by molar-refractivity contribution is -0.137. The van der Waals surface area contributed by atoms with Gasteiger partial charge in [0, 0.05) is 30.1 Å². The van der Waals surface area contributed by atoms with E-state index in [1.807, 2.05) is 0 Å². The van der Waals surface area contributed by atoms with Crippen molar-refractivity contribution in [1.29, 1.82) is 0 Å². The Morgan fingerprint density at radius 1 is 0.879 bits per heavy atom. The van der Waals surface area contributed by atoms with Gasteiger partial charge in [0.25, 0.3) is 11.8 Å². The molecule has 0 aliphatic carbocycles. The SMILES string of the molecule is COc1cc(OC)c2cc(C(=O)NCCNC(=O)c3ccc(C(F)(F)F)cc3)[nH]c2c1OC. The second kappa shape index (κ2) is 9.72. The Kier molecular flexibility index (Phi) is 7.00. The molecule has 0 unspecified atom stereocenters. The summed E-state index contributed by atoms with van der Waals surface area (Å²) in [6.45, 7) is 0.171. The van der Waals surface area contributed by atoms with Crippen molar-refractivity contribution in [1.82, 2.24) is 15.6 Å². The molecule has 0 spiro atoms. The summed E-state index contributed by atoms with van der Waals surface area (Å²) in [6.07, 6.45) is -4.47. The van der Waals surface area contributed by atoms with E-state index in [4.69, 9.17) is 14.2 Å². The van der Waals surface area contributed by atoms with Gasteiger partial charge >= 0.3 is 6.18 Å². The van der Waals surface area contributed by atoms with E-state index in [2.05, 4.69) is 15.6 Å². The lowest BCUT2D eigenvalue weighted by Crippen LogP contribution is -2.34. The van der Waals surface area contributed by atoms with E-state index in [0.29, 0.717) is 28.2 Å². The monoisotopic (exact) mass is 465 g/mol. The lowest BCUT2D eigenvalue weighted by Gasteiger charge is -2.11. The van der Waals surface area contributed by atoms with Gasteiger partial charge in [0.1, 0.15) is 11.4 Å². The number of H-pyrrole nitrogens is 1. The predicted molar refractivity (Wildman–Crippen MR) is 114 cm³/mol. The molecule has 0 atom stereocenters. The maximum absolute atomic E-state index is 12.6. The van der Waals surface area contributed by atoms with Crippen LogP contribution in [-0.4, -0.2) is 51.2 Å². The van der Waals surface area contributed by atoms with Gasteiger partial charge in [-0.3, -0.25) is 9.59 Å². The van der Waals surface area contributed by atoms with E-state index in [1.54, 1.807) is 12.1 Å². The van der Waals surface area contributed by atoms with Gasteiger partial charge in [-0.15, -0.1) is 0 Å². The zero-order valence-corrected chi connectivity index (χ0v) is 18.1. The largest absolute Gasteiger partial charge is 0.496 e. The molecule has 0 saturated carbocycles. The van der Waals surface area contributed by atoms with Crippen molar-refractivity contribution in [3.8, 4) is 17.2 Å². The number of methoxy groups -OCH3 is 3. The second-order valence-corrected chi connectivity index (χ2v) is 6.87. The third kappa shape index (κ3) is 5.13. The normalized spacial score (nSPS) is 11.2. The first-order valence-corrected chi connectivity index (χ1v) is 9.75. The first kappa shape index (κ1) is 23.8. The summed E-state index contributed by atoms with van der Waals surface area (Å²) in [5, 5.41) is 5.81. The Balaban J connectivity index is 1.61. The van der Waals surface area contributed by atoms with Gasteiger partial charge in [0.05, 0.1) is 32.4 Å². The number of halogens is 3. The molecule has 0 bridgehead atoms. The van der Waals surface area contributed by atoms with Crippen molar-refractivity contribution in [3.63, 3.8) is 0 Å². The minimum atomic E-state index is -4.47. The highest BCUT2D eigenvalue weighted by atomic mass is 19.4. The lowest BCUT2D eigenvalue weighted by atomic mass is 10.1. The molecule has 8 nitrogen and oxygen atoms in total. The molecular formula is C22H22F3N3O5. The highest BCUT2D eigenvalue weighted by Gasteiger charge is 2.30. The Bertz CT molecular complexity index is 1160. The Hall–Kier alpha value is -3.89. The molecule has 3 N–H and O–H groups in total. The number of carbonyl (C=O) groups is 2. The van der Waals surface area contributed by atoms with E-state index in [1.165, 1.54) is 21.3 Å². The maximum Gasteiger partial charge on any atom is 0.416 e. The molecule has 0 radical (unpaired) electrons. The van der Waals surface area contributed by atoms with Crippen LogP contribution in [0.1, 0.15) is 26.4 Å². The first-order chi connectivity index (χ1) is 15.7. The fourth-order valence-corrected chi connectivity index (χ4v) is 3.22. The van der Waals surface area contributed by atoms with E-state index >= 15 is 0 Å².